The van der Waals surface area contributed by atoms with Gasteiger partial charge in [0.05, 0.1) is 35.2 Å². The molecule has 1 atom stereocenters. The number of hydrogen-bond acceptors (Lipinski definition) is 4. The minimum Gasteiger partial charge on any atom is -0.356 e. The van der Waals surface area contributed by atoms with Crippen molar-refractivity contribution in [3.8, 4) is 0 Å². The van der Waals surface area contributed by atoms with Crippen molar-refractivity contribution in [1.29, 1.82) is 0 Å². The third kappa shape index (κ3) is 2.07. The number of benzene rings is 1. The second-order valence-electron chi connectivity index (χ2n) is 4.71. The summed E-state index contributed by atoms with van der Waals surface area (Å²) in [6.07, 6.45) is 1.84. The van der Waals surface area contributed by atoms with Crippen molar-refractivity contribution in [2.45, 2.75) is 12.6 Å². The highest BCUT2D eigenvalue weighted by molar-refractivity contribution is 6.35. The predicted octanol–water partition coefficient (Wildman–Crippen LogP) is 2.36. The summed E-state index contributed by atoms with van der Waals surface area (Å²) in [4.78, 5) is 11.1. The molecule has 1 unspecified atom stereocenters. The number of hydrogen-bond donors (Lipinski definition) is 1. The topological polar surface area (TPSA) is 54.5 Å². The van der Waals surface area contributed by atoms with Gasteiger partial charge in [0.15, 0.2) is 0 Å². The van der Waals surface area contributed by atoms with Crippen molar-refractivity contribution >= 4 is 28.8 Å². The van der Waals surface area contributed by atoms with Crippen LogP contribution in [-0.2, 0) is 6.54 Å². The Labute approximate surface area is 116 Å². The fourth-order valence-electron chi connectivity index (χ4n) is 2.44. The number of halogens is 1. The van der Waals surface area contributed by atoms with Gasteiger partial charge in [-0.15, -0.1) is 0 Å². The van der Waals surface area contributed by atoms with E-state index in [9.17, 15) is 0 Å². The van der Waals surface area contributed by atoms with Gasteiger partial charge in [0.1, 0.15) is 0 Å². The molecule has 1 aromatic heterocycles. The number of pyridine rings is 1. The Morgan fingerprint density at radius 1 is 1.47 bits per heavy atom. The zero-order valence-corrected chi connectivity index (χ0v) is 11.4. The fraction of sp³-hybridized carbons (Fsp3) is 0.286. The second-order valence-corrected chi connectivity index (χ2v) is 5.12. The van der Waals surface area contributed by atoms with E-state index >= 15 is 0 Å². The molecule has 2 aromatic rings. The molecule has 0 bridgehead atoms. The summed E-state index contributed by atoms with van der Waals surface area (Å²) >= 11 is 6.23. The molecule has 3 rings (SSSR count). The van der Waals surface area contributed by atoms with Gasteiger partial charge in [0, 0.05) is 19.0 Å². The molecule has 0 fully saturated rings. The van der Waals surface area contributed by atoms with Gasteiger partial charge in [-0.25, -0.2) is 4.98 Å². The molecule has 0 spiro atoms. The number of para-hydroxylation sites is 1. The van der Waals surface area contributed by atoms with Gasteiger partial charge < -0.3 is 10.6 Å². The summed E-state index contributed by atoms with van der Waals surface area (Å²) in [5.74, 6) is 0. The average Bonchev–Trinajstić information content (AvgIpc) is 2.84. The summed E-state index contributed by atoms with van der Waals surface area (Å²) in [6.45, 7) is 1.18. The van der Waals surface area contributed by atoms with Crippen LogP contribution >= 0.6 is 11.6 Å². The van der Waals surface area contributed by atoms with Gasteiger partial charge in [-0.3, -0.25) is 4.99 Å². The van der Waals surface area contributed by atoms with Crippen LogP contribution in [0.25, 0.3) is 10.9 Å². The number of aromatic nitrogens is 1. The summed E-state index contributed by atoms with van der Waals surface area (Å²) in [5, 5.41) is 1.70. The van der Waals surface area contributed by atoms with Crippen molar-refractivity contribution in [1.82, 2.24) is 9.88 Å². The van der Waals surface area contributed by atoms with Crippen LogP contribution < -0.4 is 5.73 Å². The van der Waals surface area contributed by atoms with Gasteiger partial charge in [0.25, 0.3) is 0 Å². The third-order valence-corrected chi connectivity index (χ3v) is 3.78. The van der Waals surface area contributed by atoms with Gasteiger partial charge >= 0.3 is 0 Å². The molecule has 1 aliphatic rings. The average molecular weight is 275 g/mol. The largest absolute Gasteiger partial charge is 0.356 e. The highest BCUT2D eigenvalue weighted by Crippen LogP contribution is 2.29. The van der Waals surface area contributed by atoms with Crippen molar-refractivity contribution in [3.63, 3.8) is 0 Å². The summed E-state index contributed by atoms with van der Waals surface area (Å²) < 4.78 is 0. The lowest BCUT2D eigenvalue weighted by molar-refractivity contribution is 0.415. The van der Waals surface area contributed by atoms with E-state index < -0.39 is 0 Å². The molecule has 0 aliphatic carbocycles. The van der Waals surface area contributed by atoms with E-state index in [1.165, 1.54) is 0 Å². The first-order valence-electron chi connectivity index (χ1n) is 6.20. The maximum atomic E-state index is 6.23. The van der Waals surface area contributed by atoms with E-state index in [1.54, 1.807) is 0 Å². The molecule has 1 aromatic carbocycles. The van der Waals surface area contributed by atoms with E-state index in [4.69, 9.17) is 22.3 Å². The maximum absolute atomic E-state index is 6.23. The Balaban J connectivity index is 2.19. The van der Waals surface area contributed by atoms with Crippen LogP contribution in [-0.4, -0.2) is 29.8 Å². The number of fused-ring (bicyclic) bond motifs is 1. The Bertz CT molecular complexity index is 653. The summed E-state index contributed by atoms with van der Waals surface area (Å²) in [7, 11) is 2.00. The monoisotopic (exact) mass is 274 g/mol. The van der Waals surface area contributed by atoms with Crippen molar-refractivity contribution in [2.24, 2.45) is 10.7 Å². The zero-order chi connectivity index (χ0) is 13.4. The SMILES string of the molecule is CN1C=NCC1c1nc2c(Cl)cccc2cc1CN. The Morgan fingerprint density at radius 3 is 3.00 bits per heavy atom. The molecule has 0 saturated carbocycles. The molecule has 1 aliphatic heterocycles. The molecule has 0 radical (unpaired) electrons. The lowest BCUT2D eigenvalue weighted by Crippen LogP contribution is -2.22. The molecule has 0 saturated heterocycles. The predicted molar refractivity (Wildman–Crippen MR) is 78.5 cm³/mol. The third-order valence-electron chi connectivity index (χ3n) is 3.48. The van der Waals surface area contributed by atoms with Gasteiger partial charge in [0.2, 0.25) is 0 Å². The minimum absolute atomic E-state index is 0.152. The lowest BCUT2D eigenvalue weighted by Gasteiger charge is -2.21. The van der Waals surface area contributed by atoms with Gasteiger partial charge in [-0.1, -0.05) is 23.7 Å². The number of nitrogens with two attached hydrogens (primary N) is 1. The Hall–Kier alpha value is -1.65. The molecular weight excluding hydrogens is 260 g/mol. The van der Waals surface area contributed by atoms with E-state index in [-0.39, 0.29) is 6.04 Å². The molecule has 98 valence electrons. The Kier molecular flexibility index (Phi) is 3.12. The molecule has 4 nitrogen and oxygen atoms in total. The quantitative estimate of drug-likeness (QED) is 0.915. The normalized spacial score (nSPS) is 18.5. The molecular formula is C14H15ClN4. The molecule has 5 heteroatoms. The Morgan fingerprint density at radius 2 is 2.32 bits per heavy atom. The number of aliphatic imine (C=N–C) groups is 1. The van der Waals surface area contributed by atoms with Gasteiger partial charge in [-0.05, 0) is 17.7 Å². The van der Waals surface area contributed by atoms with Crippen molar-refractivity contribution in [2.75, 3.05) is 13.6 Å². The van der Waals surface area contributed by atoms with Gasteiger partial charge in [-0.2, -0.15) is 0 Å². The van der Waals surface area contributed by atoms with E-state index in [2.05, 4.69) is 16.0 Å². The van der Waals surface area contributed by atoms with Crippen LogP contribution in [0.3, 0.4) is 0 Å². The number of likely N-dealkylation sites (N-methyl/N-ethyl adjacent to an activating group) is 1. The minimum atomic E-state index is 0.152. The smallest absolute Gasteiger partial charge is 0.0917 e. The molecule has 0 amide bonds. The first-order valence-corrected chi connectivity index (χ1v) is 6.58. The summed E-state index contributed by atoms with van der Waals surface area (Å²) in [6, 6.07) is 8.02. The van der Waals surface area contributed by atoms with Crippen LogP contribution in [0.4, 0.5) is 0 Å². The summed E-state index contributed by atoms with van der Waals surface area (Å²) in [5.41, 5.74) is 8.72. The molecule has 19 heavy (non-hydrogen) atoms. The van der Waals surface area contributed by atoms with E-state index in [1.807, 2.05) is 31.6 Å². The van der Waals surface area contributed by atoms with Crippen LogP contribution in [0.5, 0.6) is 0 Å². The molecule has 2 N–H and O–H groups in total. The highest BCUT2D eigenvalue weighted by Gasteiger charge is 2.23. The highest BCUT2D eigenvalue weighted by atomic mass is 35.5. The van der Waals surface area contributed by atoms with Crippen LogP contribution in [0.1, 0.15) is 17.3 Å². The van der Waals surface area contributed by atoms with E-state index in [0.29, 0.717) is 18.1 Å². The van der Waals surface area contributed by atoms with Crippen molar-refractivity contribution in [3.05, 3.63) is 40.5 Å². The maximum Gasteiger partial charge on any atom is 0.0917 e. The first-order chi connectivity index (χ1) is 9.20. The first kappa shape index (κ1) is 12.4. The second kappa shape index (κ2) is 4.79. The number of nitrogens with zero attached hydrogens (tertiary/aromatic N) is 3. The zero-order valence-electron chi connectivity index (χ0n) is 10.7. The number of rotatable bonds is 2. The van der Waals surface area contributed by atoms with E-state index in [0.717, 1.165) is 22.2 Å². The van der Waals surface area contributed by atoms with Crippen LogP contribution in [0.2, 0.25) is 5.02 Å². The van der Waals surface area contributed by atoms with Crippen LogP contribution in [0, 0.1) is 0 Å². The lowest BCUT2D eigenvalue weighted by atomic mass is 10.0. The fourth-order valence-corrected chi connectivity index (χ4v) is 2.66. The molecule has 2 heterocycles. The van der Waals surface area contributed by atoms with Crippen LogP contribution in [0.15, 0.2) is 29.3 Å². The standard InChI is InChI=1S/C14H15ClN4/c1-19-8-17-7-12(19)14-10(6-16)5-9-3-2-4-11(15)13(9)18-14/h2-5,8,12H,6-7,16H2,1H3. The van der Waals surface area contributed by atoms with Crippen molar-refractivity contribution < 1.29 is 0 Å².